The van der Waals surface area contributed by atoms with Crippen LogP contribution in [0.4, 0.5) is 8.78 Å². The molecule has 1 aromatic heterocycles. The number of rotatable bonds is 7. The number of benzene rings is 2. The number of aromatic nitrogens is 3. The van der Waals surface area contributed by atoms with Gasteiger partial charge in [-0.2, -0.15) is 13.5 Å². The van der Waals surface area contributed by atoms with Gasteiger partial charge < -0.3 is 9.47 Å². The highest BCUT2D eigenvalue weighted by molar-refractivity contribution is 7.86. The van der Waals surface area contributed by atoms with Gasteiger partial charge in [-0.15, -0.1) is 0 Å². The summed E-state index contributed by atoms with van der Waals surface area (Å²) < 4.78 is 70.8. The molecule has 0 aliphatic carbocycles. The van der Waals surface area contributed by atoms with Crippen LogP contribution in [-0.4, -0.2) is 42.7 Å². The van der Waals surface area contributed by atoms with Gasteiger partial charge in [0.1, 0.15) is 36.5 Å². The maximum Gasteiger partial charge on any atom is 0.297 e. The zero-order chi connectivity index (χ0) is 22.1. The third-order valence-corrected chi connectivity index (χ3v) is 6.13. The van der Waals surface area contributed by atoms with E-state index in [2.05, 4.69) is 10.1 Å². The van der Waals surface area contributed by atoms with Crippen molar-refractivity contribution in [2.24, 2.45) is 0 Å². The van der Waals surface area contributed by atoms with E-state index in [1.807, 2.05) is 6.92 Å². The third kappa shape index (κ3) is 4.64. The molecule has 1 fully saturated rings. The molecule has 164 valence electrons. The van der Waals surface area contributed by atoms with Crippen LogP contribution in [0.5, 0.6) is 0 Å². The summed E-state index contributed by atoms with van der Waals surface area (Å²) in [5.74, 6) is -1.56. The van der Waals surface area contributed by atoms with Gasteiger partial charge in [0.2, 0.25) is 0 Å². The number of hydrogen-bond donors (Lipinski definition) is 0. The lowest BCUT2D eigenvalue weighted by atomic mass is 9.94. The Morgan fingerprint density at radius 3 is 2.68 bits per heavy atom. The molecule has 0 saturated carbocycles. The maximum absolute atomic E-state index is 14.6. The molecule has 0 unspecified atom stereocenters. The Bertz CT molecular complexity index is 1160. The van der Waals surface area contributed by atoms with Crippen LogP contribution in [0.25, 0.3) is 0 Å². The van der Waals surface area contributed by atoms with Crippen molar-refractivity contribution in [3.05, 3.63) is 77.9 Å². The molecule has 4 rings (SSSR count). The first kappa shape index (κ1) is 21.5. The molecule has 1 aliphatic heterocycles. The molecule has 2 heterocycles. The van der Waals surface area contributed by atoms with Gasteiger partial charge in [0.05, 0.1) is 18.0 Å². The SMILES string of the molecule is Cc1ccc(S(=O)(=O)OC[C@@H]2OC[C@@](Cn3cncn3)(c3ccc(F)cc3F)O2)cc1. The van der Waals surface area contributed by atoms with Crippen molar-refractivity contribution >= 4 is 10.1 Å². The highest BCUT2D eigenvalue weighted by Gasteiger charge is 2.46. The third-order valence-electron chi connectivity index (χ3n) is 4.83. The highest BCUT2D eigenvalue weighted by Crippen LogP contribution is 2.37. The number of hydrogen-bond acceptors (Lipinski definition) is 7. The first-order valence-electron chi connectivity index (χ1n) is 9.31. The second kappa shape index (κ2) is 8.42. The Kier molecular flexibility index (Phi) is 5.84. The van der Waals surface area contributed by atoms with Crippen LogP contribution < -0.4 is 0 Å². The van der Waals surface area contributed by atoms with E-state index in [1.165, 1.54) is 35.5 Å². The molecule has 2 aromatic carbocycles. The van der Waals surface area contributed by atoms with E-state index in [1.54, 1.807) is 12.1 Å². The maximum atomic E-state index is 14.6. The molecule has 11 heteroatoms. The summed E-state index contributed by atoms with van der Waals surface area (Å²) in [5.41, 5.74) is -0.429. The molecule has 2 atom stereocenters. The molecule has 3 aromatic rings. The zero-order valence-corrected chi connectivity index (χ0v) is 17.3. The molecule has 1 saturated heterocycles. The quantitative estimate of drug-likeness (QED) is 0.510. The highest BCUT2D eigenvalue weighted by atomic mass is 32.2. The second-order valence-electron chi connectivity index (χ2n) is 7.12. The molecule has 0 N–H and O–H groups in total. The molecular formula is C20H19F2N3O5S. The van der Waals surface area contributed by atoms with E-state index in [-0.39, 0.29) is 23.6 Å². The van der Waals surface area contributed by atoms with Crippen LogP contribution in [0.1, 0.15) is 11.1 Å². The smallest absolute Gasteiger partial charge is 0.297 e. The summed E-state index contributed by atoms with van der Waals surface area (Å²) in [7, 11) is -4.04. The fourth-order valence-electron chi connectivity index (χ4n) is 3.29. The number of halogens is 2. The first-order valence-corrected chi connectivity index (χ1v) is 10.7. The van der Waals surface area contributed by atoms with E-state index in [9.17, 15) is 17.2 Å². The molecule has 0 amide bonds. The standard InChI is InChI=1S/C20H19F2N3O5S/c1-14-2-5-16(6-3-14)31(26,27)29-9-19-28-11-20(30-19,10-25-13-23-12-24-25)17-7-4-15(21)8-18(17)22/h2-8,12-13,19H,9-11H2,1H3/t19-,20+/m1/s1. The van der Waals surface area contributed by atoms with Gasteiger partial charge in [0.25, 0.3) is 10.1 Å². The van der Waals surface area contributed by atoms with Crippen molar-refractivity contribution in [1.29, 1.82) is 0 Å². The Morgan fingerprint density at radius 1 is 1.23 bits per heavy atom. The number of nitrogens with zero attached hydrogens (tertiary/aromatic N) is 3. The van der Waals surface area contributed by atoms with E-state index >= 15 is 0 Å². The van der Waals surface area contributed by atoms with E-state index in [4.69, 9.17) is 13.7 Å². The molecular weight excluding hydrogens is 432 g/mol. The van der Waals surface area contributed by atoms with Crippen LogP contribution >= 0.6 is 0 Å². The largest absolute Gasteiger partial charge is 0.347 e. The average molecular weight is 451 g/mol. The van der Waals surface area contributed by atoms with Crippen molar-refractivity contribution < 1.29 is 30.9 Å². The van der Waals surface area contributed by atoms with E-state index in [0.717, 1.165) is 17.7 Å². The van der Waals surface area contributed by atoms with Gasteiger partial charge in [0.15, 0.2) is 6.29 Å². The molecule has 8 nitrogen and oxygen atoms in total. The van der Waals surface area contributed by atoms with Crippen LogP contribution in [0.3, 0.4) is 0 Å². The number of ether oxygens (including phenoxy) is 2. The lowest BCUT2D eigenvalue weighted by Crippen LogP contribution is -2.36. The minimum absolute atomic E-state index is 0.00504. The van der Waals surface area contributed by atoms with Crippen molar-refractivity contribution in [3.63, 3.8) is 0 Å². The average Bonchev–Trinajstić information content (AvgIpc) is 3.38. The van der Waals surface area contributed by atoms with E-state index < -0.39 is 40.3 Å². The fourth-order valence-corrected chi connectivity index (χ4v) is 4.19. The monoisotopic (exact) mass is 451 g/mol. The summed E-state index contributed by atoms with van der Waals surface area (Å²) in [5, 5.41) is 4.00. The van der Waals surface area contributed by atoms with Gasteiger partial charge in [-0.25, -0.2) is 18.4 Å². The Hall–Kier alpha value is -2.73. The number of aryl methyl sites for hydroxylation is 1. The van der Waals surface area contributed by atoms with Gasteiger partial charge in [-0.3, -0.25) is 4.18 Å². The molecule has 31 heavy (non-hydrogen) atoms. The molecule has 0 bridgehead atoms. The summed E-state index contributed by atoms with van der Waals surface area (Å²) >= 11 is 0. The van der Waals surface area contributed by atoms with Crippen LogP contribution in [-0.2, 0) is 35.9 Å². The zero-order valence-electron chi connectivity index (χ0n) is 16.4. The Morgan fingerprint density at radius 2 is 2.00 bits per heavy atom. The molecule has 0 spiro atoms. The van der Waals surface area contributed by atoms with Gasteiger partial charge in [0, 0.05) is 11.6 Å². The van der Waals surface area contributed by atoms with Gasteiger partial charge >= 0.3 is 0 Å². The summed E-state index contributed by atoms with van der Waals surface area (Å²) in [6, 6.07) is 9.29. The van der Waals surface area contributed by atoms with Crippen LogP contribution in [0.15, 0.2) is 60.0 Å². The predicted octanol–water partition coefficient (Wildman–Crippen LogP) is 2.54. The molecule has 1 aliphatic rings. The van der Waals surface area contributed by atoms with E-state index in [0.29, 0.717) is 0 Å². The Balaban J connectivity index is 1.53. The van der Waals surface area contributed by atoms with Crippen molar-refractivity contribution in [2.75, 3.05) is 13.2 Å². The topological polar surface area (TPSA) is 92.5 Å². The van der Waals surface area contributed by atoms with Crippen LogP contribution in [0, 0.1) is 18.6 Å². The van der Waals surface area contributed by atoms with Crippen molar-refractivity contribution in [2.45, 2.75) is 30.3 Å². The van der Waals surface area contributed by atoms with Crippen molar-refractivity contribution in [1.82, 2.24) is 14.8 Å². The van der Waals surface area contributed by atoms with Gasteiger partial charge in [-0.05, 0) is 25.1 Å². The molecule has 0 radical (unpaired) electrons. The summed E-state index contributed by atoms with van der Waals surface area (Å²) in [6.45, 7) is 1.27. The minimum Gasteiger partial charge on any atom is -0.347 e. The minimum atomic E-state index is -4.04. The second-order valence-corrected chi connectivity index (χ2v) is 8.74. The fraction of sp³-hybridized carbons (Fsp3) is 0.300. The van der Waals surface area contributed by atoms with Crippen molar-refractivity contribution in [3.8, 4) is 0 Å². The lowest BCUT2D eigenvalue weighted by Gasteiger charge is -2.28. The first-order chi connectivity index (χ1) is 14.8. The Labute approximate surface area is 177 Å². The normalized spacial score (nSPS) is 21.5. The van der Waals surface area contributed by atoms with Crippen LogP contribution in [0.2, 0.25) is 0 Å². The summed E-state index contributed by atoms with van der Waals surface area (Å²) in [6.07, 6.45) is 1.62. The lowest BCUT2D eigenvalue weighted by molar-refractivity contribution is -0.116. The predicted molar refractivity (Wildman–Crippen MR) is 103 cm³/mol. The summed E-state index contributed by atoms with van der Waals surface area (Å²) in [4.78, 5) is 3.85. The van der Waals surface area contributed by atoms with Gasteiger partial charge in [-0.1, -0.05) is 23.8 Å².